The van der Waals surface area contributed by atoms with E-state index < -0.39 is 0 Å². The molecule has 1 atom stereocenters. The number of nitrogens with zero attached hydrogens (tertiary/aromatic N) is 4. The fourth-order valence-electron chi connectivity index (χ4n) is 2.56. The number of hydrogen-bond donors (Lipinski definition) is 2. The van der Waals surface area contributed by atoms with Crippen molar-refractivity contribution >= 4 is 0 Å². The Morgan fingerprint density at radius 2 is 2.44 bits per heavy atom. The van der Waals surface area contributed by atoms with Crippen molar-refractivity contribution in [3.8, 4) is 11.6 Å². The van der Waals surface area contributed by atoms with Gasteiger partial charge in [-0.25, -0.2) is 4.98 Å². The molecule has 3 heterocycles. The zero-order valence-corrected chi connectivity index (χ0v) is 10.3. The van der Waals surface area contributed by atoms with Gasteiger partial charge in [0.1, 0.15) is 6.33 Å². The molecule has 18 heavy (non-hydrogen) atoms. The molecule has 7 heteroatoms. The maximum absolute atomic E-state index is 5.42. The molecule has 1 aliphatic heterocycles. The summed E-state index contributed by atoms with van der Waals surface area (Å²) in [7, 11) is 0. The van der Waals surface area contributed by atoms with E-state index in [2.05, 4.69) is 37.6 Å². The zero-order valence-electron chi connectivity index (χ0n) is 10.3. The van der Waals surface area contributed by atoms with E-state index in [4.69, 9.17) is 4.52 Å². The Morgan fingerprint density at radius 1 is 1.50 bits per heavy atom. The Kier molecular flexibility index (Phi) is 2.83. The van der Waals surface area contributed by atoms with E-state index in [-0.39, 0.29) is 5.54 Å². The van der Waals surface area contributed by atoms with Gasteiger partial charge in [0.2, 0.25) is 11.7 Å². The van der Waals surface area contributed by atoms with Gasteiger partial charge in [0, 0.05) is 0 Å². The highest BCUT2D eigenvalue weighted by Crippen LogP contribution is 2.34. The minimum absolute atomic E-state index is 0.153. The Labute approximate surface area is 104 Å². The summed E-state index contributed by atoms with van der Waals surface area (Å²) >= 11 is 0. The average molecular weight is 248 g/mol. The lowest BCUT2D eigenvalue weighted by atomic mass is 9.92. The summed E-state index contributed by atoms with van der Waals surface area (Å²) in [4.78, 5) is 8.47. The number of H-pyrrole nitrogens is 1. The van der Waals surface area contributed by atoms with Crippen LogP contribution in [0.4, 0.5) is 0 Å². The molecule has 2 aromatic heterocycles. The van der Waals surface area contributed by atoms with Gasteiger partial charge in [0.05, 0.1) is 5.54 Å². The first-order valence-electron chi connectivity index (χ1n) is 6.29. The third-order valence-corrected chi connectivity index (χ3v) is 3.38. The van der Waals surface area contributed by atoms with Crippen LogP contribution >= 0.6 is 0 Å². The van der Waals surface area contributed by atoms with Crippen LogP contribution in [0, 0.1) is 0 Å². The maximum Gasteiger partial charge on any atom is 0.247 e. The molecule has 0 aliphatic carbocycles. The van der Waals surface area contributed by atoms with Gasteiger partial charge in [-0.1, -0.05) is 18.5 Å². The normalized spacial score (nSPS) is 23.6. The van der Waals surface area contributed by atoms with Crippen LogP contribution in [0.2, 0.25) is 0 Å². The van der Waals surface area contributed by atoms with Gasteiger partial charge in [-0.2, -0.15) is 10.1 Å². The third-order valence-electron chi connectivity index (χ3n) is 3.38. The van der Waals surface area contributed by atoms with E-state index in [0.717, 1.165) is 32.2 Å². The second-order valence-corrected chi connectivity index (χ2v) is 4.62. The lowest BCUT2D eigenvalue weighted by molar-refractivity contribution is 0.241. The summed E-state index contributed by atoms with van der Waals surface area (Å²) in [6.07, 6.45) is 5.69. The van der Waals surface area contributed by atoms with Crippen LogP contribution in [0.25, 0.3) is 11.6 Å². The number of hydrogen-bond acceptors (Lipinski definition) is 6. The first-order valence-corrected chi connectivity index (χ1v) is 6.29. The summed E-state index contributed by atoms with van der Waals surface area (Å²) in [5, 5.41) is 14.0. The van der Waals surface area contributed by atoms with Crippen molar-refractivity contribution in [1.29, 1.82) is 0 Å². The number of rotatable bonds is 4. The summed E-state index contributed by atoms with van der Waals surface area (Å²) in [5.74, 6) is 1.66. The van der Waals surface area contributed by atoms with Crippen LogP contribution in [-0.2, 0) is 5.54 Å². The molecule has 0 amide bonds. The summed E-state index contributed by atoms with van der Waals surface area (Å²) < 4.78 is 5.42. The standard InChI is InChI=1S/C11H16N6O/c1-2-4-11(5-3-6-13-11)10-15-9(17-18-10)8-12-7-14-16-8/h7,13H,2-6H2,1H3,(H,12,14,16). The van der Waals surface area contributed by atoms with Crippen molar-refractivity contribution in [2.45, 2.75) is 38.1 Å². The molecule has 1 fully saturated rings. The van der Waals surface area contributed by atoms with Gasteiger partial charge >= 0.3 is 0 Å². The number of nitrogens with one attached hydrogen (secondary N) is 2. The molecule has 1 aliphatic rings. The van der Waals surface area contributed by atoms with Gasteiger partial charge in [0.25, 0.3) is 0 Å². The quantitative estimate of drug-likeness (QED) is 0.845. The van der Waals surface area contributed by atoms with Gasteiger partial charge in [-0.3, -0.25) is 5.10 Å². The van der Waals surface area contributed by atoms with Crippen molar-refractivity contribution in [3.05, 3.63) is 12.2 Å². The van der Waals surface area contributed by atoms with Gasteiger partial charge in [-0.15, -0.1) is 0 Å². The molecular weight excluding hydrogens is 232 g/mol. The van der Waals surface area contributed by atoms with E-state index in [1.54, 1.807) is 0 Å². The summed E-state index contributed by atoms with van der Waals surface area (Å²) in [5.41, 5.74) is -0.153. The highest BCUT2D eigenvalue weighted by Gasteiger charge is 2.39. The van der Waals surface area contributed by atoms with Gasteiger partial charge in [-0.05, 0) is 25.8 Å². The van der Waals surface area contributed by atoms with E-state index in [9.17, 15) is 0 Å². The van der Waals surface area contributed by atoms with E-state index in [1.807, 2.05) is 0 Å². The molecule has 0 saturated carbocycles. The van der Waals surface area contributed by atoms with Crippen molar-refractivity contribution in [2.24, 2.45) is 0 Å². The van der Waals surface area contributed by atoms with Crippen molar-refractivity contribution in [2.75, 3.05) is 6.54 Å². The highest BCUT2D eigenvalue weighted by atomic mass is 16.5. The molecule has 2 N–H and O–H groups in total. The van der Waals surface area contributed by atoms with Gasteiger partial charge < -0.3 is 9.84 Å². The monoisotopic (exact) mass is 248 g/mol. The first-order chi connectivity index (χ1) is 8.84. The fraction of sp³-hybridized carbons (Fsp3) is 0.636. The van der Waals surface area contributed by atoms with Crippen LogP contribution in [-0.4, -0.2) is 31.9 Å². The van der Waals surface area contributed by atoms with Crippen LogP contribution in [0.15, 0.2) is 10.9 Å². The molecular formula is C11H16N6O. The van der Waals surface area contributed by atoms with Crippen LogP contribution in [0.3, 0.4) is 0 Å². The number of aromatic nitrogens is 5. The summed E-state index contributed by atoms with van der Waals surface area (Å²) in [6.45, 7) is 3.16. The second-order valence-electron chi connectivity index (χ2n) is 4.62. The first kappa shape index (κ1) is 11.3. The number of aromatic amines is 1. The summed E-state index contributed by atoms with van der Waals surface area (Å²) in [6, 6.07) is 0. The Morgan fingerprint density at radius 3 is 3.11 bits per heavy atom. The van der Waals surface area contributed by atoms with Crippen molar-refractivity contribution < 1.29 is 4.52 Å². The molecule has 96 valence electrons. The third kappa shape index (κ3) is 1.80. The Balaban J connectivity index is 1.92. The molecule has 7 nitrogen and oxygen atoms in total. The van der Waals surface area contributed by atoms with Crippen LogP contribution in [0.5, 0.6) is 0 Å². The van der Waals surface area contributed by atoms with Crippen molar-refractivity contribution in [3.63, 3.8) is 0 Å². The Bertz CT molecular complexity index is 499. The molecule has 0 spiro atoms. The minimum atomic E-state index is -0.153. The van der Waals surface area contributed by atoms with Crippen molar-refractivity contribution in [1.82, 2.24) is 30.6 Å². The van der Waals surface area contributed by atoms with E-state index in [1.165, 1.54) is 6.33 Å². The second kappa shape index (κ2) is 4.49. The molecule has 0 radical (unpaired) electrons. The predicted octanol–water partition coefficient (Wildman–Crippen LogP) is 1.23. The maximum atomic E-state index is 5.42. The minimum Gasteiger partial charge on any atom is -0.337 e. The topological polar surface area (TPSA) is 92.5 Å². The van der Waals surface area contributed by atoms with Crippen LogP contribution < -0.4 is 5.32 Å². The lowest BCUT2D eigenvalue weighted by Crippen LogP contribution is -2.36. The smallest absolute Gasteiger partial charge is 0.247 e. The van der Waals surface area contributed by atoms with E-state index in [0.29, 0.717) is 17.5 Å². The molecule has 0 bridgehead atoms. The highest BCUT2D eigenvalue weighted by molar-refractivity contribution is 5.40. The Hall–Kier alpha value is -1.76. The van der Waals surface area contributed by atoms with Crippen LogP contribution in [0.1, 0.15) is 38.5 Å². The lowest BCUT2D eigenvalue weighted by Gasteiger charge is -2.24. The zero-order chi connectivity index (χ0) is 12.4. The largest absolute Gasteiger partial charge is 0.337 e. The molecule has 1 unspecified atom stereocenters. The van der Waals surface area contributed by atoms with E-state index >= 15 is 0 Å². The molecule has 0 aromatic carbocycles. The molecule has 1 saturated heterocycles. The fourth-order valence-corrected chi connectivity index (χ4v) is 2.56. The molecule has 3 rings (SSSR count). The SMILES string of the molecule is CCCC1(c2nc(-c3ncn[nH]3)no2)CCCN1. The average Bonchev–Trinajstić information content (AvgIpc) is 3.11. The van der Waals surface area contributed by atoms with Gasteiger partial charge in [0.15, 0.2) is 5.82 Å². The molecule has 2 aromatic rings. The predicted molar refractivity (Wildman–Crippen MR) is 63.5 cm³/mol.